The number of halogens is 2. The normalized spacial score (nSPS) is 10.3. The third-order valence-corrected chi connectivity index (χ3v) is 3.47. The summed E-state index contributed by atoms with van der Waals surface area (Å²) in [6.07, 6.45) is 3.34. The van der Waals surface area contributed by atoms with E-state index < -0.39 is 0 Å². The second kappa shape index (κ2) is 6.13. The van der Waals surface area contributed by atoms with Crippen LogP contribution in [0.1, 0.15) is 0 Å². The quantitative estimate of drug-likeness (QED) is 0.851. The van der Waals surface area contributed by atoms with Gasteiger partial charge in [0.15, 0.2) is 5.16 Å². The van der Waals surface area contributed by atoms with Gasteiger partial charge in [0.25, 0.3) is 0 Å². The molecule has 2 aromatic rings. The lowest BCUT2D eigenvalue weighted by molar-refractivity contribution is -0.113. The van der Waals surface area contributed by atoms with E-state index in [1.165, 1.54) is 11.8 Å². The summed E-state index contributed by atoms with van der Waals surface area (Å²) in [5.74, 6) is 0.104. The van der Waals surface area contributed by atoms with Gasteiger partial charge in [-0.3, -0.25) is 4.79 Å². The van der Waals surface area contributed by atoms with Gasteiger partial charge in [-0.1, -0.05) is 35.0 Å². The minimum atomic E-state index is -0.152. The number of carbonyl (C=O) groups excluding carboxylic acids is 1. The zero-order chi connectivity index (χ0) is 13.0. The maximum Gasteiger partial charge on any atom is 0.234 e. The first-order valence-electron chi connectivity index (χ1n) is 5.02. The monoisotopic (exact) mass is 301 g/mol. The van der Waals surface area contributed by atoms with Crippen molar-refractivity contribution in [3.63, 3.8) is 0 Å². The Morgan fingerprint density at radius 3 is 2.94 bits per heavy atom. The Kier molecular flexibility index (Phi) is 4.52. The average molecular weight is 302 g/mol. The highest BCUT2D eigenvalue weighted by molar-refractivity contribution is 7.99. The second-order valence-electron chi connectivity index (χ2n) is 3.36. The van der Waals surface area contributed by atoms with Crippen LogP contribution in [0.5, 0.6) is 0 Å². The molecule has 0 fully saturated rings. The lowest BCUT2D eigenvalue weighted by Crippen LogP contribution is -2.14. The number of imidazole rings is 1. The number of rotatable bonds is 4. The Morgan fingerprint density at radius 2 is 2.28 bits per heavy atom. The Labute approximate surface area is 118 Å². The Hall–Kier alpha value is -1.17. The van der Waals surface area contributed by atoms with E-state index in [4.69, 9.17) is 23.2 Å². The van der Waals surface area contributed by atoms with Crippen LogP contribution in [0, 0.1) is 0 Å². The summed E-state index contributed by atoms with van der Waals surface area (Å²) >= 11 is 13.0. The van der Waals surface area contributed by atoms with E-state index in [9.17, 15) is 4.79 Å². The molecule has 0 bridgehead atoms. The molecule has 0 spiro atoms. The molecule has 0 saturated carbocycles. The van der Waals surface area contributed by atoms with Crippen molar-refractivity contribution in [2.75, 3.05) is 11.1 Å². The van der Waals surface area contributed by atoms with E-state index in [2.05, 4.69) is 15.3 Å². The number of nitrogens with zero attached hydrogens (tertiary/aromatic N) is 1. The minimum Gasteiger partial charge on any atom is -0.340 e. The van der Waals surface area contributed by atoms with E-state index in [1.54, 1.807) is 30.6 Å². The summed E-state index contributed by atoms with van der Waals surface area (Å²) in [5.41, 5.74) is 0.547. The summed E-state index contributed by atoms with van der Waals surface area (Å²) in [5, 5.41) is 4.36. The molecule has 1 aromatic heterocycles. The van der Waals surface area contributed by atoms with E-state index >= 15 is 0 Å². The van der Waals surface area contributed by atoms with Gasteiger partial charge in [-0.2, -0.15) is 0 Å². The van der Waals surface area contributed by atoms with E-state index in [0.29, 0.717) is 20.9 Å². The van der Waals surface area contributed by atoms with Crippen LogP contribution in [0.2, 0.25) is 10.0 Å². The standard InChI is InChI=1S/C11H9Cl2N3OS/c12-7-1-2-9(8(13)5-7)16-10(17)6-18-11-14-3-4-15-11/h1-5H,6H2,(H,14,15)(H,16,17). The first-order valence-corrected chi connectivity index (χ1v) is 6.76. The van der Waals surface area contributed by atoms with E-state index in [-0.39, 0.29) is 11.7 Å². The van der Waals surface area contributed by atoms with Gasteiger partial charge >= 0.3 is 0 Å². The number of thioether (sulfide) groups is 1. The fourth-order valence-electron chi connectivity index (χ4n) is 1.24. The number of benzene rings is 1. The molecule has 0 radical (unpaired) electrons. The minimum absolute atomic E-state index is 0.152. The van der Waals surface area contributed by atoms with Gasteiger partial charge in [0, 0.05) is 17.4 Å². The number of nitrogens with one attached hydrogen (secondary N) is 2. The van der Waals surface area contributed by atoms with Crippen molar-refractivity contribution in [3.8, 4) is 0 Å². The van der Waals surface area contributed by atoms with Gasteiger partial charge in [0.2, 0.25) is 5.91 Å². The van der Waals surface area contributed by atoms with Crippen LogP contribution in [0.3, 0.4) is 0 Å². The molecule has 0 atom stereocenters. The Morgan fingerprint density at radius 1 is 1.44 bits per heavy atom. The number of anilines is 1. The third-order valence-electron chi connectivity index (χ3n) is 2.02. The maximum absolute atomic E-state index is 11.7. The predicted molar refractivity (Wildman–Crippen MR) is 74.4 cm³/mol. The largest absolute Gasteiger partial charge is 0.340 e. The molecule has 0 aliphatic carbocycles. The number of hydrogen-bond acceptors (Lipinski definition) is 3. The fraction of sp³-hybridized carbons (Fsp3) is 0.0909. The number of aromatic nitrogens is 2. The zero-order valence-electron chi connectivity index (χ0n) is 9.11. The predicted octanol–water partition coefficient (Wildman–Crippen LogP) is 3.45. The summed E-state index contributed by atoms with van der Waals surface area (Å²) in [6, 6.07) is 4.92. The molecule has 1 aromatic carbocycles. The Balaban J connectivity index is 1.91. The summed E-state index contributed by atoms with van der Waals surface area (Å²) in [6.45, 7) is 0. The van der Waals surface area contributed by atoms with Crippen LogP contribution in [-0.4, -0.2) is 21.6 Å². The number of carbonyl (C=O) groups is 1. The van der Waals surface area contributed by atoms with Crippen LogP contribution >= 0.6 is 35.0 Å². The van der Waals surface area contributed by atoms with Gasteiger partial charge in [-0.15, -0.1) is 0 Å². The molecule has 0 unspecified atom stereocenters. The van der Waals surface area contributed by atoms with Crippen LogP contribution in [0.15, 0.2) is 35.7 Å². The molecule has 2 N–H and O–H groups in total. The van der Waals surface area contributed by atoms with Crippen LogP contribution in [-0.2, 0) is 4.79 Å². The Bertz CT molecular complexity index is 545. The summed E-state index contributed by atoms with van der Waals surface area (Å²) in [4.78, 5) is 18.6. The van der Waals surface area contributed by atoms with Gasteiger partial charge in [0.1, 0.15) is 0 Å². The van der Waals surface area contributed by atoms with Crippen molar-refractivity contribution in [2.24, 2.45) is 0 Å². The highest BCUT2D eigenvalue weighted by Crippen LogP contribution is 2.25. The van der Waals surface area contributed by atoms with E-state index in [0.717, 1.165) is 0 Å². The van der Waals surface area contributed by atoms with Crippen LogP contribution in [0.25, 0.3) is 0 Å². The van der Waals surface area contributed by atoms with Crippen molar-refractivity contribution >= 4 is 46.6 Å². The molecular formula is C11H9Cl2N3OS. The highest BCUT2D eigenvalue weighted by Gasteiger charge is 2.07. The average Bonchev–Trinajstić information content (AvgIpc) is 2.83. The molecule has 18 heavy (non-hydrogen) atoms. The lowest BCUT2D eigenvalue weighted by atomic mass is 10.3. The number of H-pyrrole nitrogens is 1. The molecule has 0 aliphatic heterocycles. The highest BCUT2D eigenvalue weighted by atomic mass is 35.5. The number of aromatic amines is 1. The van der Waals surface area contributed by atoms with Crippen LogP contribution < -0.4 is 5.32 Å². The van der Waals surface area contributed by atoms with Gasteiger partial charge < -0.3 is 10.3 Å². The van der Waals surface area contributed by atoms with Crippen molar-refractivity contribution in [2.45, 2.75) is 5.16 Å². The zero-order valence-corrected chi connectivity index (χ0v) is 11.4. The molecule has 2 rings (SSSR count). The topological polar surface area (TPSA) is 57.8 Å². The van der Waals surface area contributed by atoms with Crippen molar-refractivity contribution < 1.29 is 4.79 Å². The third kappa shape index (κ3) is 3.66. The molecule has 1 heterocycles. The van der Waals surface area contributed by atoms with Gasteiger partial charge in [-0.25, -0.2) is 4.98 Å². The second-order valence-corrected chi connectivity index (χ2v) is 5.16. The van der Waals surface area contributed by atoms with Crippen molar-refractivity contribution in [1.82, 2.24) is 9.97 Å². The molecule has 0 aliphatic rings. The first-order chi connectivity index (χ1) is 8.65. The number of hydrogen-bond donors (Lipinski definition) is 2. The SMILES string of the molecule is O=C(CSc1ncc[nH]1)Nc1ccc(Cl)cc1Cl. The van der Waals surface area contributed by atoms with Gasteiger partial charge in [-0.05, 0) is 18.2 Å². The molecular weight excluding hydrogens is 293 g/mol. The maximum atomic E-state index is 11.7. The lowest BCUT2D eigenvalue weighted by Gasteiger charge is -2.06. The molecule has 0 saturated heterocycles. The van der Waals surface area contributed by atoms with Crippen LogP contribution in [0.4, 0.5) is 5.69 Å². The van der Waals surface area contributed by atoms with Crippen molar-refractivity contribution in [1.29, 1.82) is 0 Å². The first kappa shape index (κ1) is 13.3. The summed E-state index contributed by atoms with van der Waals surface area (Å²) in [7, 11) is 0. The molecule has 1 amide bonds. The summed E-state index contributed by atoms with van der Waals surface area (Å²) < 4.78 is 0. The van der Waals surface area contributed by atoms with Gasteiger partial charge in [0.05, 0.1) is 16.5 Å². The molecule has 7 heteroatoms. The van der Waals surface area contributed by atoms with E-state index in [1.807, 2.05) is 0 Å². The fourth-order valence-corrected chi connectivity index (χ4v) is 2.32. The smallest absolute Gasteiger partial charge is 0.234 e. The number of amides is 1. The molecule has 94 valence electrons. The molecule has 4 nitrogen and oxygen atoms in total. The van der Waals surface area contributed by atoms with Crippen molar-refractivity contribution in [3.05, 3.63) is 40.6 Å².